The van der Waals surface area contributed by atoms with Gasteiger partial charge in [0.15, 0.2) is 0 Å². The summed E-state index contributed by atoms with van der Waals surface area (Å²) in [7, 11) is -2.07. The van der Waals surface area contributed by atoms with Crippen molar-refractivity contribution in [1.29, 1.82) is 0 Å². The van der Waals surface area contributed by atoms with Crippen molar-refractivity contribution in [1.82, 2.24) is 4.72 Å². The molecule has 0 heterocycles. The number of hydrogen-bond donors (Lipinski definition) is 1. The summed E-state index contributed by atoms with van der Waals surface area (Å²) in [5, 5.41) is 0.618. The molecule has 94 valence electrons. The lowest BCUT2D eigenvalue weighted by Crippen LogP contribution is -2.19. The topological polar surface area (TPSA) is 46.2 Å². The van der Waals surface area contributed by atoms with Crippen LogP contribution in [0.15, 0.2) is 53.4 Å². The van der Waals surface area contributed by atoms with Crippen molar-refractivity contribution in [2.24, 2.45) is 0 Å². The summed E-state index contributed by atoms with van der Waals surface area (Å²) in [6.45, 7) is 0. The lowest BCUT2D eigenvalue weighted by molar-refractivity contribution is 0.588. The van der Waals surface area contributed by atoms with Crippen molar-refractivity contribution < 1.29 is 8.42 Å². The Morgan fingerprint density at radius 1 is 1.00 bits per heavy atom. The van der Waals surface area contributed by atoms with Crippen LogP contribution in [0.2, 0.25) is 5.02 Å². The summed E-state index contributed by atoms with van der Waals surface area (Å²) < 4.78 is 26.2. The minimum Gasteiger partial charge on any atom is -0.214 e. The molecule has 5 heteroatoms. The predicted octanol–water partition coefficient (Wildman–Crippen LogP) is 2.92. The smallest absolute Gasteiger partial charge is 0.214 e. The maximum atomic E-state index is 11.9. The molecule has 2 rings (SSSR count). The molecule has 2 aromatic rings. The van der Waals surface area contributed by atoms with Crippen molar-refractivity contribution in [2.75, 3.05) is 7.05 Å². The van der Waals surface area contributed by atoms with Crippen molar-refractivity contribution in [2.45, 2.75) is 4.90 Å². The van der Waals surface area contributed by atoms with Crippen LogP contribution in [0.1, 0.15) is 0 Å². The van der Waals surface area contributed by atoms with Crippen LogP contribution in [-0.2, 0) is 10.0 Å². The van der Waals surface area contributed by atoms with Crippen LogP contribution in [-0.4, -0.2) is 15.5 Å². The quantitative estimate of drug-likeness (QED) is 0.940. The number of halogens is 1. The highest BCUT2D eigenvalue weighted by Crippen LogP contribution is 2.27. The zero-order chi connectivity index (χ0) is 13.2. The van der Waals surface area contributed by atoms with Crippen molar-refractivity contribution >= 4 is 21.6 Å². The highest BCUT2D eigenvalue weighted by Gasteiger charge is 2.16. The molecule has 0 atom stereocenters. The van der Waals surface area contributed by atoms with Crippen LogP contribution in [0.25, 0.3) is 11.1 Å². The van der Waals surface area contributed by atoms with E-state index < -0.39 is 10.0 Å². The van der Waals surface area contributed by atoms with E-state index >= 15 is 0 Å². The average Bonchev–Trinajstić information content (AvgIpc) is 2.40. The Labute approximate surface area is 111 Å². The normalized spacial score (nSPS) is 11.4. The Bertz CT molecular complexity index is 651. The summed E-state index contributed by atoms with van der Waals surface area (Å²) >= 11 is 5.83. The minimum absolute atomic E-state index is 0.259. The van der Waals surface area contributed by atoms with Gasteiger partial charge < -0.3 is 0 Å². The van der Waals surface area contributed by atoms with Gasteiger partial charge in [-0.25, -0.2) is 13.1 Å². The zero-order valence-electron chi connectivity index (χ0n) is 9.72. The summed E-state index contributed by atoms with van der Waals surface area (Å²) in [5.41, 5.74) is 1.47. The highest BCUT2D eigenvalue weighted by molar-refractivity contribution is 7.89. The van der Waals surface area contributed by atoms with Gasteiger partial charge in [-0.15, -0.1) is 0 Å². The van der Waals surface area contributed by atoms with Crippen LogP contribution in [0.3, 0.4) is 0 Å². The van der Waals surface area contributed by atoms with E-state index in [0.29, 0.717) is 10.6 Å². The second-order valence-electron chi connectivity index (χ2n) is 3.71. The van der Waals surface area contributed by atoms with Crippen molar-refractivity contribution in [3.63, 3.8) is 0 Å². The fraction of sp³-hybridized carbons (Fsp3) is 0.0769. The molecule has 0 aliphatic rings. The fourth-order valence-electron chi connectivity index (χ4n) is 1.68. The number of benzene rings is 2. The second kappa shape index (κ2) is 5.10. The Hall–Kier alpha value is -1.36. The molecule has 0 spiro atoms. The lowest BCUT2D eigenvalue weighted by Gasteiger charge is -2.09. The Morgan fingerprint density at radius 2 is 1.61 bits per heavy atom. The van der Waals surface area contributed by atoms with Crippen LogP contribution >= 0.6 is 11.6 Å². The SMILES string of the molecule is CNS(=O)(=O)c1ccccc1-c1ccc(Cl)cc1. The molecule has 0 saturated carbocycles. The lowest BCUT2D eigenvalue weighted by atomic mass is 10.1. The van der Waals surface area contributed by atoms with Gasteiger partial charge in [-0.3, -0.25) is 0 Å². The molecule has 2 aromatic carbocycles. The first-order valence-corrected chi connectivity index (χ1v) is 7.19. The van der Waals surface area contributed by atoms with E-state index in [1.165, 1.54) is 7.05 Å². The van der Waals surface area contributed by atoms with Crippen LogP contribution in [0.4, 0.5) is 0 Å². The van der Waals surface area contributed by atoms with E-state index in [9.17, 15) is 8.42 Å². The summed E-state index contributed by atoms with van der Waals surface area (Å²) in [4.78, 5) is 0.259. The molecule has 0 aliphatic heterocycles. The summed E-state index contributed by atoms with van der Waals surface area (Å²) in [6, 6.07) is 13.9. The predicted molar refractivity (Wildman–Crippen MR) is 73.1 cm³/mol. The first kappa shape index (κ1) is 13.1. The zero-order valence-corrected chi connectivity index (χ0v) is 11.3. The van der Waals surface area contributed by atoms with Crippen LogP contribution in [0, 0.1) is 0 Å². The van der Waals surface area contributed by atoms with E-state index in [-0.39, 0.29) is 4.90 Å². The average molecular weight is 282 g/mol. The molecule has 18 heavy (non-hydrogen) atoms. The van der Waals surface area contributed by atoms with Gasteiger partial charge in [-0.2, -0.15) is 0 Å². The Morgan fingerprint density at radius 3 is 2.22 bits per heavy atom. The largest absolute Gasteiger partial charge is 0.240 e. The van der Waals surface area contributed by atoms with Gasteiger partial charge in [-0.1, -0.05) is 41.9 Å². The standard InChI is InChI=1S/C13H12ClNO2S/c1-15-18(16,17)13-5-3-2-4-12(13)10-6-8-11(14)9-7-10/h2-9,15H,1H3. The molecular weight excluding hydrogens is 270 g/mol. The van der Waals surface area contributed by atoms with Crippen molar-refractivity contribution in [3.8, 4) is 11.1 Å². The molecule has 0 amide bonds. The molecule has 0 unspecified atom stereocenters. The minimum atomic E-state index is -3.47. The van der Waals surface area contributed by atoms with Gasteiger partial charge in [0.1, 0.15) is 0 Å². The van der Waals surface area contributed by atoms with E-state index in [4.69, 9.17) is 11.6 Å². The van der Waals surface area contributed by atoms with Gasteiger partial charge >= 0.3 is 0 Å². The Kier molecular flexibility index (Phi) is 3.71. The summed E-state index contributed by atoms with van der Waals surface area (Å²) in [5.74, 6) is 0. The van der Waals surface area contributed by atoms with Gasteiger partial charge in [0.25, 0.3) is 0 Å². The summed E-state index contributed by atoms with van der Waals surface area (Å²) in [6.07, 6.45) is 0. The fourth-order valence-corrected chi connectivity index (χ4v) is 2.76. The molecule has 1 N–H and O–H groups in total. The van der Waals surface area contributed by atoms with E-state index in [0.717, 1.165) is 5.56 Å². The van der Waals surface area contributed by atoms with E-state index in [1.807, 2.05) is 0 Å². The molecule has 0 fully saturated rings. The number of rotatable bonds is 3. The highest BCUT2D eigenvalue weighted by atomic mass is 35.5. The molecule has 0 bridgehead atoms. The number of nitrogens with one attached hydrogen (secondary N) is 1. The van der Waals surface area contributed by atoms with Gasteiger partial charge in [0.05, 0.1) is 4.90 Å². The third-order valence-electron chi connectivity index (χ3n) is 2.60. The van der Waals surface area contributed by atoms with Crippen LogP contribution < -0.4 is 4.72 Å². The third-order valence-corrected chi connectivity index (χ3v) is 4.32. The molecule has 0 aliphatic carbocycles. The first-order valence-electron chi connectivity index (χ1n) is 5.33. The molecule has 0 saturated heterocycles. The van der Waals surface area contributed by atoms with Crippen molar-refractivity contribution in [3.05, 3.63) is 53.6 Å². The van der Waals surface area contributed by atoms with Gasteiger partial charge in [-0.05, 0) is 30.8 Å². The number of sulfonamides is 1. The maximum Gasteiger partial charge on any atom is 0.240 e. The second-order valence-corrected chi connectivity index (χ2v) is 6.00. The number of hydrogen-bond acceptors (Lipinski definition) is 2. The molecule has 0 aromatic heterocycles. The van der Waals surface area contributed by atoms with Crippen LogP contribution in [0.5, 0.6) is 0 Å². The third kappa shape index (κ3) is 2.56. The van der Waals surface area contributed by atoms with E-state index in [1.54, 1.807) is 48.5 Å². The maximum absolute atomic E-state index is 11.9. The molecule has 3 nitrogen and oxygen atoms in total. The van der Waals surface area contributed by atoms with Gasteiger partial charge in [0, 0.05) is 10.6 Å². The Balaban J connectivity index is 2.62. The molecule has 0 radical (unpaired) electrons. The first-order chi connectivity index (χ1) is 8.54. The van der Waals surface area contributed by atoms with E-state index in [2.05, 4.69) is 4.72 Å². The van der Waals surface area contributed by atoms with Gasteiger partial charge in [0.2, 0.25) is 10.0 Å². The monoisotopic (exact) mass is 281 g/mol. The molecular formula is C13H12ClNO2S.